The fraction of sp³-hybridized carbons (Fsp3) is 0.417. The first-order valence-electron chi connectivity index (χ1n) is 5.63. The Morgan fingerprint density at radius 1 is 1.50 bits per heavy atom. The van der Waals surface area contributed by atoms with Gasteiger partial charge < -0.3 is 4.74 Å². The van der Waals surface area contributed by atoms with Crippen molar-refractivity contribution in [2.45, 2.75) is 19.4 Å². The number of methoxy groups -OCH3 is 1. The van der Waals surface area contributed by atoms with Gasteiger partial charge in [-0.25, -0.2) is 0 Å². The second-order valence-corrected chi connectivity index (χ2v) is 5.06. The maximum atomic E-state index is 5.30. The summed E-state index contributed by atoms with van der Waals surface area (Å²) in [6.45, 7) is 4.66. The lowest BCUT2D eigenvalue weighted by molar-refractivity contribution is 0.109. The molecule has 0 spiro atoms. The van der Waals surface area contributed by atoms with Gasteiger partial charge in [0.2, 0.25) is 0 Å². The van der Waals surface area contributed by atoms with Gasteiger partial charge in [0.25, 0.3) is 0 Å². The van der Waals surface area contributed by atoms with Crippen molar-refractivity contribution in [2.24, 2.45) is 0 Å². The van der Waals surface area contributed by atoms with E-state index in [1.807, 2.05) is 16.7 Å². The van der Waals surface area contributed by atoms with E-state index in [4.69, 9.17) is 17.0 Å². The molecule has 2 heterocycles. The zero-order valence-corrected chi connectivity index (χ0v) is 11.5. The van der Waals surface area contributed by atoms with Crippen LogP contribution in [0.1, 0.15) is 13.8 Å². The molecule has 96 valence electrons. The Kier molecular flexibility index (Phi) is 3.58. The van der Waals surface area contributed by atoms with E-state index >= 15 is 0 Å². The van der Waals surface area contributed by atoms with E-state index < -0.39 is 0 Å². The van der Waals surface area contributed by atoms with Crippen LogP contribution in [0.2, 0.25) is 0 Å². The number of aromatic amines is 1. The maximum Gasteiger partial charge on any atom is 0.196 e. The Labute approximate surface area is 111 Å². The van der Waals surface area contributed by atoms with Crippen molar-refractivity contribution in [3.63, 3.8) is 0 Å². The highest BCUT2D eigenvalue weighted by molar-refractivity contribution is 7.71. The number of ether oxygens (including phenoxy) is 1. The number of pyridine rings is 1. The summed E-state index contributed by atoms with van der Waals surface area (Å²) in [7, 11) is 1.68. The van der Waals surface area contributed by atoms with E-state index in [0.29, 0.717) is 11.4 Å². The Morgan fingerprint density at radius 2 is 2.28 bits per heavy atom. The van der Waals surface area contributed by atoms with Crippen LogP contribution in [-0.2, 0) is 10.3 Å². The average molecular weight is 264 g/mol. The zero-order valence-electron chi connectivity index (χ0n) is 10.7. The van der Waals surface area contributed by atoms with Gasteiger partial charge in [0.05, 0.1) is 12.1 Å². The Balaban J connectivity index is 2.56. The van der Waals surface area contributed by atoms with Crippen LogP contribution in [0.3, 0.4) is 0 Å². The molecule has 0 unspecified atom stereocenters. The normalized spacial score (nSPS) is 11.7. The number of aromatic nitrogens is 4. The molecule has 2 rings (SSSR count). The van der Waals surface area contributed by atoms with Crippen molar-refractivity contribution in [3.8, 4) is 11.4 Å². The molecular formula is C12H16N4OS. The number of nitrogens with one attached hydrogen (secondary N) is 1. The van der Waals surface area contributed by atoms with Gasteiger partial charge in [-0.2, -0.15) is 5.10 Å². The van der Waals surface area contributed by atoms with Crippen molar-refractivity contribution in [1.29, 1.82) is 0 Å². The first-order chi connectivity index (χ1) is 8.56. The number of hydrogen-bond donors (Lipinski definition) is 1. The highest BCUT2D eigenvalue weighted by Gasteiger charge is 2.25. The molecule has 0 aliphatic heterocycles. The van der Waals surface area contributed by atoms with Gasteiger partial charge in [0.1, 0.15) is 0 Å². The summed E-state index contributed by atoms with van der Waals surface area (Å²) in [6.07, 6.45) is 3.50. The molecule has 0 amide bonds. The third-order valence-electron chi connectivity index (χ3n) is 2.69. The summed E-state index contributed by atoms with van der Waals surface area (Å²) >= 11 is 5.30. The minimum atomic E-state index is -0.274. The topological polar surface area (TPSA) is 55.7 Å². The third-order valence-corrected chi connectivity index (χ3v) is 2.97. The summed E-state index contributed by atoms with van der Waals surface area (Å²) in [5.41, 5.74) is 0.651. The monoisotopic (exact) mass is 264 g/mol. The minimum Gasteiger partial charge on any atom is -0.382 e. The molecule has 0 aliphatic rings. The molecule has 0 saturated carbocycles. The van der Waals surface area contributed by atoms with Crippen LogP contribution < -0.4 is 0 Å². The summed E-state index contributed by atoms with van der Waals surface area (Å²) in [4.78, 5) is 4.11. The molecule has 0 aliphatic carbocycles. The van der Waals surface area contributed by atoms with E-state index in [1.165, 1.54) is 0 Å². The molecule has 5 nitrogen and oxygen atoms in total. The molecule has 0 bridgehead atoms. The third kappa shape index (κ3) is 2.34. The second kappa shape index (κ2) is 4.99. The van der Waals surface area contributed by atoms with Crippen LogP contribution in [0.25, 0.3) is 11.4 Å². The molecule has 0 aromatic carbocycles. The predicted molar refractivity (Wildman–Crippen MR) is 71.8 cm³/mol. The van der Waals surface area contributed by atoms with Gasteiger partial charge in [0, 0.05) is 25.1 Å². The molecule has 18 heavy (non-hydrogen) atoms. The molecule has 0 radical (unpaired) electrons. The minimum absolute atomic E-state index is 0.274. The van der Waals surface area contributed by atoms with Crippen LogP contribution in [0.4, 0.5) is 0 Å². The van der Waals surface area contributed by atoms with Crippen LogP contribution in [0.15, 0.2) is 24.5 Å². The molecule has 0 atom stereocenters. The first kappa shape index (κ1) is 12.9. The number of rotatable bonds is 4. The Morgan fingerprint density at radius 3 is 2.89 bits per heavy atom. The standard InChI is InChI=1S/C12H16N4OS/c1-12(2,8-17-3)16-10(14-15-11(16)18)9-5-4-6-13-7-9/h4-7H,8H2,1-3H3,(H,15,18). The summed E-state index contributed by atoms with van der Waals surface area (Å²) < 4.78 is 7.79. The van der Waals surface area contributed by atoms with Gasteiger partial charge >= 0.3 is 0 Å². The molecule has 0 saturated heterocycles. The van der Waals surface area contributed by atoms with Gasteiger partial charge in [-0.05, 0) is 38.2 Å². The number of hydrogen-bond acceptors (Lipinski definition) is 4. The van der Waals surface area contributed by atoms with E-state index in [2.05, 4.69) is 29.0 Å². The SMILES string of the molecule is COCC(C)(C)n1c(-c2cccnc2)n[nH]c1=S. The van der Waals surface area contributed by atoms with Crippen LogP contribution >= 0.6 is 12.2 Å². The smallest absolute Gasteiger partial charge is 0.196 e. The average Bonchev–Trinajstić information content (AvgIpc) is 2.73. The lowest BCUT2D eigenvalue weighted by Crippen LogP contribution is -2.32. The largest absolute Gasteiger partial charge is 0.382 e. The molecule has 2 aromatic rings. The summed E-state index contributed by atoms with van der Waals surface area (Å²) in [5.74, 6) is 0.773. The maximum absolute atomic E-state index is 5.30. The van der Waals surface area contributed by atoms with Gasteiger partial charge in [0.15, 0.2) is 10.6 Å². The van der Waals surface area contributed by atoms with Crippen molar-refractivity contribution >= 4 is 12.2 Å². The van der Waals surface area contributed by atoms with Crippen molar-refractivity contribution in [1.82, 2.24) is 19.7 Å². The highest BCUT2D eigenvalue weighted by atomic mass is 32.1. The van der Waals surface area contributed by atoms with E-state index in [1.54, 1.807) is 19.5 Å². The number of H-pyrrole nitrogens is 1. The zero-order chi connectivity index (χ0) is 13.2. The Hall–Kier alpha value is -1.53. The highest BCUT2D eigenvalue weighted by Crippen LogP contribution is 2.24. The number of nitrogens with zero attached hydrogens (tertiary/aromatic N) is 3. The van der Waals surface area contributed by atoms with Crippen molar-refractivity contribution in [2.75, 3.05) is 13.7 Å². The molecule has 6 heteroatoms. The van der Waals surface area contributed by atoms with Crippen molar-refractivity contribution in [3.05, 3.63) is 29.3 Å². The van der Waals surface area contributed by atoms with Crippen LogP contribution in [-0.4, -0.2) is 33.5 Å². The van der Waals surface area contributed by atoms with E-state index in [9.17, 15) is 0 Å². The second-order valence-electron chi connectivity index (χ2n) is 4.67. The molecule has 2 aromatic heterocycles. The summed E-state index contributed by atoms with van der Waals surface area (Å²) in [6, 6.07) is 3.83. The molecule has 0 fully saturated rings. The Bertz CT molecular complexity index is 573. The van der Waals surface area contributed by atoms with Crippen LogP contribution in [0, 0.1) is 4.77 Å². The lowest BCUT2D eigenvalue weighted by Gasteiger charge is -2.26. The lowest BCUT2D eigenvalue weighted by atomic mass is 10.1. The fourth-order valence-corrected chi connectivity index (χ4v) is 2.34. The van der Waals surface area contributed by atoms with Crippen molar-refractivity contribution < 1.29 is 4.74 Å². The summed E-state index contributed by atoms with van der Waals surface area (Å²) in [5, 5.41) is 7.12. The molecule has 1 N–H and O–H groups in total. The molecular weight excluding hydrogens is 248 g/mol. The van der Waals surface area contributed by atoms with Gasteiger partial charge in [-0.3, -0.25) is 14.6 Å². The first-order valence-corrected chi connectivity index (χ1v) is 6.04. The van der Waals surface area contributed by atoms with Crippen LogP contribution in [0.5, 0.6) is 0 Å². The van der Waals surface area contributed by atoms with Gasteiger partial charge in [-0.1, -0.05) is 0 Å². The predicted octanol–water partition coefficient (Wildman–Crippen LogP) is 2.38. The quantitative estimate of drug-likeness (QED) is 0.861. The fourth-order valence-electron chi connectivity index (χ4n) is 1.96. The van der Waals surface area contributed by atoms with Gasteiger partial charge in [-0.15, -0.1) is 0 Å². The van der Waals surface area contributed by atoms with E-state index in [0.717, 1.165) is 11.4 Å². The van der Waals surface area contributed by atoms with E-state index in [-0.39, 0.29) is 5.54 Å².